The number of rotatable bonds is 8. The van der Waals surface area contributed by atoms with Crippen LogP contribution in [0.1, 0.15) is 56.0 Å². The van der Waals surface area contributed by atoms with Gasteiger partial charge in [-0.2, -0.15) is 0 Å². The first-order valence-corrected chi connectivity index (χ1v) is 12.9. The normalized spacial score (nSPS) is 16.9. The number of methoxy groups -OCH3 is 2. The van der Waals surface area contributed by atoms with E-state index in [9.17, 15) is 14.7 Å². The van der Waals surface area contributed by atoms with Crippen LogP contribution in [0, 0.1) is 0 Å². The van der Waals surface area contributed by atoms with E-state index in [4.69, 9.17) is 14.2 Å². The summed E-state index contributed by atoms with van der Waals surface area (Å²) in [5, 5.41) is 11.6. The lowest BCUT2D eigenvalue weighted by molar-refractivity contribution is -0.140. The van der Waals surface area contributed by atoms with E-state index >= 15 is 0 Å². The third-order valence-corrected chi connectivity index (χ3v) is 6.84. The van der Waals surface area contributed by atoms with E-state index in [-0.39, 0.29) is 23.3 Å². The molecule has 4 rings (SSSR count). The summed E-state index contributed by atoms with van der Waals surface area (Å²) in [5.41, 5.74) is 2.60. The maximum Gasteiger partial charge on any atom is 0.295 e. The summed E-state index contributed by atoms with van der Waals surface area (Å²) in [4.78, 5) is 28.4. The van der Waals surface area contributed by atoms with Gasteiger partial charge in [-0.15, -0.1) is 0 Å². The Balaban J connectivity index is 1.84. The first-order chi connectivity index (χ1) is 18.6. The van der Waals surface area contributed by atoms with E-state index in [1.165, 1.54) is 4.90 Å². The van der Waals surface area contributed by atoms with Crippen molar-refractivity contribution in [2.45, 2.75) is 45.7 Å². The van der Waals surface area contributed by atoms with Crippen molar-refractivity contribution >= 4 is 17.4 Å². The number of Topliss-reactive ketones (excluding diaryl/α,β-unsaturated/α-hetero) is 1. The topological polar surface area (TPSA) is 85.3 Å². The summed E-state index contributed by atoms with van der Waals surface area (Å²) in [7, 11) is 3.17. The fraction of sp³-hybridized carbons (Fsp3) is 0.312. The highest BCUT2D eigenvalue weighted by Crippen LogP contribution is 2.42. The number of ether oxygens (including phenoxy) is 3. The monoisotopic (exact) mass is 529 g/mol. The van der Waals surface area contributed by atoms with Crippen LogP contribution in [-0.2, 0) is 21.5 Å². The summed E-state index contributed by atoms with van der Waals surface area (Å²) in [5.74, 6) is 0.428. The minimum Gasteiger partial charge on any atom is -0.507 e. The van der Waals surface area contributed by atoms with E-state index in [0.717, 1.165) is 16.9 Å². The molecule has 7 heteroatoms. The zero-order chi connectivity index (χ0) is 28.3. The molecule has 1 fully saturated rings. The van der Waals surface area contributed by atoms with Gasteiger partial charge in [0.1, 0.15) is 23.0 Å². The summed E-state index contributed by atoms with van der Waals surface area (Å²) in [6.45, 7) is 8.77. The molecule has 1 aliphatic rings. The van der Waals surface area contributed by atoms with Crippen molar-refractivity contribution in [3.05, 3.63) is 94.6 Å². The highest BCUT2D eigenvalue weighted by Gasteiger charge is 2.46. The minimum atomic E-state index is -0.789. The van der Waals surface area contributed by atoms with Crippen molar-refractivity contribution in [2.24, 2.45) is 0 Å². The molecule has 0 aliphatic carbocycles. The van der Waals surface area contributed by atoms with E-state index in [1.807, 2.05) is 70.2 Å². The van der Waals surface area contributed by atoms with Gasteiger partial charge in [-0.05, 0) is 65.9 Å². The van der Waals surface area contributed by atoms with Gasteiger partial charge in [0.2, 0.25) is 0 Å². The standard InChI is InChI=1S/C32H35NO6/c1-7-39-24-13-8-20(9-14-24)19-33-28(21-10-15-23(37-5)16-11-21)27(30(35)31(33)36)29(34)22-12-17-26(38-6)25(18-22)32(2,3)4/h8-18,28,34H,7,19H2,1-6H3/b29-27-. The molecule has 0 saturated carbocycles. The van der Waals surface area contributed by atoms with Crippen molar-refractivity contribution in [1.29, 1.82) is 0 Å². The molecule has 0 bridgehead atoms. The Morgan fingerprint density at radius 1 is 0.897 bits per heavy atom. The summed E-state index contributed by atoms with van der Waals surface area (Å²) >= 11 is 0. The van der Waals surface area contributed by atoms with Gasteiger partial charge in [-0.25, -0.2) is 0 Å². The first kappa shape index (κ1) is 27.8. The van der Waals surface area contributed by atoms with Crippen LogP contribution in [0.4, 0.5) is 0 Å². The first-order valence-electron chi connectivity index (χ1n) is 12.9. The predicted octanol–water partition coefficient (Wildman–Crippen LogP) is 6.02. The number of nitrogens with zero attached hydrogens (tertiary/aromatic N) is 1. The van der Waals surface area contributed by atoms with E-state index in [2.05, 4.69) is 0 Å². The molecular formula is C32H35NO6. The Labute approximate surface area is 229 Å². The van der Waals surface area contributed by atoms with Crippen LogP contribution in [0.2, 0.25) is 0 Å². The smallest absolute Gasteiger partial charge is 0.295 e. The number of carbonyl (C=O) groups is 2. The molecule has 1 aliphatic heterocycles. The lowest BCUT2D eigenvalue weighted by Crippen LogP contribution is -2.29. The fourth-order valence-corrected chi connectivity index (χ4v) is 4.83. The summed E-state index contributed by atoms with van der Waals surface area (Å²) in [6, 6.07) is 19.1. The largest absolute Gasteiger partial charge is 0.507 e. The molecule has 3 aromatic rings. The van der Waals surface area contributed by atoms with Gasteiger partial charge < -0.3 is 24.2 Å². The summed E-state index contributed by atoms with van der Waals surface area (Å²) < 4.78 is 16.4. The van der Waals surface area contributed by atoms with Crippen molar-refractivity contribution in [1.82, 2.24) is 4.90 Å². The number of ketones is 1. The lowest BCUT2D eigenvalue weighted by Gasteiger charge is -2.26. The molecular weight excluding hydrogens is 494 g/mol. The van der Waals surface area contributed by atoms with Crippen LogP contribution in [0.15, 0.2) is 72.3 Å². The van der Waals surface area contributed by atoms with Gasteiger partial charge in [0.15, 0.2) is 0 Å². The number of benzene rings is 3. The number of hydrogen-bond donors (Lipinski definition) is 1. The summed E-state index contributed by atoms with van der Waals surface area (Å²) in [6.07, 6.45) is 0. The van der Waals surface area contributed by atoms with Crippen molar-refractivity contribution in [3.63, 3.8) is 0 Å². The zero-order valence-corrected chi connectivity index (χ0v) is 23.3. The lowest BCUT2D eigenvalue weighted by atomic mass is 9.84. The van der Waals surface area contributed by atoms with E-state index < -0.39 is 17.7 Å². The molecule has 3 aromatic carbocycles. The van der Waals surface area contributed by atoms with Gasteiger partial charge in [0.05, 0.1) is 32.4 Å². The molecule has 0 aromatic heterocycles. The molecule has 1 unspecified atom stereocenters. The average molecular weight is 530 g/mol. The number of likely N-dealkylation sites (tertiary alicyclic amines) is 1. The molecule has 39 heavy (non-hydrogen) atoms. The van der Waals surface area contributed by atoms with E-state index in [0.29, 0.717) is 29.2 Å². The fourth-order valence-electron chi connectivity index (χ4n) is 4.83. The number of aliphatic hydroxyl groups excluding tert-OH is 1. The van der Waals surface area contributed by atoms with Crippen molar-refractivity contribution in [2.75, 3.05) is 20.8 Å². The maximum absolute atomic E-state index is 13.5. The molecule has 1 atom stereocenters. The Bertz CT molecular complexity index is 1380. The zero-order valence-electron chi connectivity index (χ0n) is 23.3. The van der Waals surface area contributed by atoms with Crippen LogP contribution >= 0.6 is 0 Å². The molecule has 7 nitrogen and oxygen atoms in total. The minimum absolute atomic E-state index is 0.0427. The quantitative estimate of drug-likeness (QED) is 0.218. The predicted molar refractivity (Wildman–Crippen MR) is 150 cm³/mol. The van der Waals surface area contributed by atoms with E-state index in [1.54, 1.807) is 38.5 Å². The molecule has 1 N–H and O–H groups in total. The van der Waals surface area contributed by atoms with Gasteiger partial charge in [-0.1, -0.05) is 45.0 Å². The SMILES string of the molecule is CCOc1ccc(CN2C(=O)C(=O)/C(=C(\O)c3ccc(OC)c(C(C)(C)C)c3)C2c2ccc(OC)cc2)cc1. The second-order valence-corrected chi connectivity index (χ2v) is 10.4. The van der Waals surface area contributed by atoms with Crippen LogP contribution in [-0.4, -0.2) is 42.5 Å². The van der Waals surface area contributed by atoms with Gasteiger partial charge in [0.25, 0.3) is 11.7 Å². The maximum atomic E-state index is 13.5. The Morgan fingerprint density at radius 2 is 1.54 bits per heavy atom. The highest BCUT2D eigenvalue weighted by atomic mass is 16.5. The molecule has 1 saturated heterocycles. The molecule has 204 valence electrons. The van der Waals surface area contributed by atoms with Crippen LogP contribution < -0.4 is 14.2 Å². The van der Waals surface area contributed by atoms with Crippen LogP contribution in [0.3, 0.4) is 0 Å². The number of carbonyl (C=O) groups excluding carboxylic acids is 2. The van der Waals surface area contributed by atoms with Gasteiger partial charge >= 0.3 is 0 Å². The van der Waals surface area contributed by atoms with Crippen molar-refractivity contribution < 1.29 is 28.9 Å². The van der Waals surface area contributed by atoms with Crippen LogP contribution in [0.25, 0.3) is 5.76 Å². The Hall–Kier alpha value is -4.26. The Kier molecular flexibility index (Phi) is 8.00. The second kappa shape index (κ2) is 11.2. The third kappa shape index (κ3) is 5.62. The molecule has 1 heterocycles. The second-order valence-electron chi connectivity index (χ2n) is 10.4. The molecule has 1 amide bonds. The van der Waals surface area contributed by atoms with Crippen LogP contribution in [0.5, 0.6) is 17.2 Å². The Morgan fingerprint density at radius 3 is 2.10 bits per heavy atom. The molecule has 0 radical (unpaired) electrons. The van der Waals surface area contributed by atoms with Gasteiger partial charge in [-0.3, -0.25) is 9.59 Å². The van der Waals surface area contributed by atoms with Crippen molar-refractivity contribution in [3.8, 4) is 17.2 Å². The average Bonchev–Trinajstić information content (AvgIpc) is 3.18. The third-order valence-electron chi connectivity index (χ3n) is 6.84. The number of aliphatic hydroxyl groups is 1. The number of hydrogen-bond acceptors (Lipinski definition) is 6. The highest BCUT2D eigenvalue weighted by molar-refractivity contribution is 6.46. The number of amides is 1. The van der Waals surface area contributed by atoms with Gasteiger partial charge in [0, 0.05) is 17.7 Å². The molecule has 0 spiro atoms.